The second-order valence-corrected chi connectivity index (χ2v) is 8.77. The van der Waals surface area contributed by atoms with Gasteiger partial charge >= 0.3 is 0 Å². The summed E-state index contributed by atoms with van der Waals surface area (Å²) in [6.07, 6.45) is 3.40. The second kappa shape index (κ2) is 6.71. The Hall–Kier alpha value is -2.27. The molecule has 0 aromatic carbocycles. The highest BCUT2D eigenvalue weighted by molar-refractivity contribution is 7.89. The van der Waals surface area contributed by atoms with Crippen molar-refractivity contribution < 1.29 is 22.3 Å². The van der Waals surface area contributed by atoms with Crippen LogP contribution in [0.3, 0.4) is 0 Å². The first-order valence-corrected chi connectivity index (χ1v) is 10.4. The Kier molecular flexibility index (Phi) is 4.50. The average Bonchev–Trinajstić information content (AvgIpc) is 3.01. The van der Waals surface area contributed by atoms with Gasteiger partial charge in [-0.3, -0.25) is 4.79 Å². The number of sulfonamides is 1. The molecule has 146 valence electrons. The van der Waals surface area contributed by atoms with Gasteiger partial charge in [-0.1, -0.05) is 10.3 Å². The highest BCUT2D eigenvalue weighted by Gasteiger charge is 2.39. The molecule has 1 saturated carbocycles. The minimum atomic E-state index is -3.81. The summed E-state index contributed by atoms with van der Waals surface area (Å²) < 4.78 is 37.5. The fraction of sp³-hybridized carbons (Fsp3) is 0.625. The number of nitrogens with one attached hydrogen (secondary N) is 1. The van der Waals surface area contributed by atoms with Crippen LogP contribution in [-0.4, -0.2) is 41.1 Å². The van der Waals surface area contributed by atoms with E-state index in [1.54, 1.807) is 6.92 Å². The molecule has 1 amide bonds. The van der Waals surface area contributed by atoms with Crippen LogP contribution in [0.25, 0.3) is 0 Å². The number of carbonyl (C=O) groups excluding carboxylic acids is 1. The highest BCUT2D eigenvalue weighted by atomic mass is 32.2. The van der Waals surface area contributed by atoms with Crippen LogP contribution in [0, 0.1) is 19.8 Å². The Bertz CT molecular complexity index is 942. The van der Waals surface area contributed by atoms with Crippen LogP contribution in [0.1, 0.15) is 54.9 Å². The van der Waals surface area contributed by atoms with Crippen LogP contribution >= 0.6 is 0 Å². The van der Waals surface area contributed by atoms with Crippen LogP contribution < -0.4 is 4.72 Å². The molecule has 27 heavy (non-hydrogen) atoms. The zero-order valence-electron chi connectivity index (χ0n) is 15.1. The van der Waals surface area contributed by atoms with Crippen LogP contribution in [0.5, 0.6) is 0 Å². The van der Waals surface area contributed by atoms with Crippen LogP contribution in [0.2, 0.25) is 0 Å². The van der Waals surface area contributed by atoms with E-state index in [9.17, 15) is 13.2 Å². The van der Waals surface area contributed by atoms with Gasteiger partial charge in [-0.2, -0.15) is 4.98 Å². The molecule has 0 radical (unpaired) electrons. The zero-order valence-corrected chi connectivity index (χ0v) is 16.0. The number of hydrogen-bond donors (Lipinski definition) is 1. The first-order chi connectivity index (χ1) is 12.8. The standard InChI is InChI=1S/C16H21N5O5S/c1-9-15(10(2)25-19-9)27(23,24)17-7-13-18-16(26-20-13)12-5-6-14(22)21(12)8-11-3-4-11/h11-12,17H,3-8H2,1-2H3/t12-/m0/s1. The van der Waals surface area contributed by atoms with Crippen molar-refractivity contribution in [1.82, 2.24) is 24.9 Å². The van der Waals surface area contributed by atoms with Crippen LogP contribution in [-0.2, 0) is 21.4 Å². The first-order valence-electron chi connectivity index (χ1n) is 8.89. The van der Waals surface area contributed by atoms with E-state index in [2.05, 4.69) is 20.0 Å². The van der Waals surface area contributed by atoms with E-state index < -0.39 is 10.0 Å². The average molecular weight is 395 g/mol. The summed E-state index contributed by atoms with van der Waals surface area (Å²) in [5, 5.41) is 7.51. The fourth-order valence-corrected chi connectivity index (χ4v) is 4.67. The Morgan fingerprint density at radius 2 is 1.96 bits per heavy atom. The maximum absolute atomic E-state index is 12.4. The van der Waals surface area contributed by atoms with Gasteiger partial charge in [-0.15, -0.1) is 0 Å². The minimum Gasteiger partial charge on any atom is -0.360 e. The summed E-state index contributed by atoms with van der Waals surface area (Å²) in [4.78, 5) is 18.2. The third-order valence-corrected chi connectivity index (χ3v) is 6.55. The number of hydrogen-bond acceptors (Lipinski definition) is 8. The van der Waals surface area contributed by atoms with Gasteiger partial charge in [0.2, 0.25) is 21.8 Å². The molecule has 1 atom stereocenters. The smallest absolute Gasteiger partial charge is 0.249 e. The maximum atomic E-state index is 12.4. The SMILES string of the molecule is Cc1noc(C)c1S(=O)(=O)NCc1noc([C@@H]2CCC(=O)N2CC2CC2)n1. The van der Waals surface area contributed by atoms with E-state index in [-0.39, 0.29) is 40.7 Å². The van der Waals surface area contributed by atoms with Gasteiger partial charge in [-0.25, -0.2) is 13.1 Å². The van der Waals surface area contributed by atoms with Crippen molar-refractivity contribution in [2.45, 2.75) is 57.0 Å². The van der Waals surface area contributed by atoms with Crippen molar-refractivity contribution in [2.24, 2.45) is 5.92 Å². The predicted molar refractivity (Wildman–Crippen MR) is 90.7 cm³/mol. The molecule has 0 bridgehead atoms. The summed E-state index contributed by atoms with van der Waals surface area (Å²) in [7, 11) is -3.81. The fourth-order valence-electron chi connectivity index (χ4n) is 3.36. The molecule has 4 rings (SSSR count). The van der Waals surface area contributed by atoms with E-state index in [1.165, 1.54) is 6.92 Å². The van der Waals surface area contributed by atoms with Crippen LogP contribution in [0.4, 0.5) is 0 Å². The predicted octanol–water partition coefficient (Wildman–Crippen LogP) is 1.23. The molecule has 2 aliphatic rings. The molecule has 1 aliphatic carbocycles. The van der Waals surface area contributed by atoms with E-state index in [4.69, 9.17) is 9.05 Å². The van der Waals surface area contributed by atoms with E-state index >= 15 is 0 Å². The topological polar surface area (TPSA) is 131 Å². The number of carbonyl (C=O) groups is 1. The van der Waals surface area contributed by atoms with Gasteiger partial charge in [0.15, 0.2) is 11.6 Å². The van der Waals surface area contributed by atoms with Gasteiger partial charge in [0, 0.05) is 13.0 Å². The lowest BCUT2D eigenvalue weighted by Crippen LogP contribution is -2.30. The summed E-state index contributed by atoms with van der Waals surface area (Å²) in [5.41, 5.74) is 0.286. The normalized spacial score (nSPS) is 20.6. The van der Waals surface area contributed by atoms with Crippen molar-refractivity contribution >= 4 is 15.9 Å². The molecule has 11 heteroatoms. The minimum absolute atomic E-state index is 0.0169. The van der Waals surface area contributed by atoms with Gasteiger partial charge < -0.3 is 13.9 Å². The number of nitrogens with zero attached hydrogens (tertiary/aromatic N) is 4. The van der Waals surface area contributed by atoms with Gasteiger partial charge in [-0.05, 0) is 39.0 Å². The highest BCUT2D eigenvalue weighted by Crippen LogP contribution is 2.37. The second-order valence-electron chi connectivity index (χ2n) is 7.07. The van der Waals surface area contributed by atoms with Gasteiger partial charge in [0.1, 0.15) is 16.6 Å². The molecular weight excluding hydrogens is 374 g/mol. The molecule has 2 aromatic heterocycles. The number of aryl methyl sites for hydroxylation is 2. The van der Waals surface area contributed by atoms with Crippen molar-refractivity contribution in [3.63, 3.8) is 0 Å². The molecule has 0 spiro atoms. The lowest BCUT2D eigenvalue weighted by molar-refractivity contribution is -0.129. The lowest BCUT2D eigenvalue weighted by Gasteiger charge is -2.21. The molecule has 1 aliphatic heterocycles. The van der Waals surface area contributed by atoms with E-state index in [1.807, 2.05) is 4.90 Å². The van der Waals surface area contributed by atoms with E-state index in [0.29, 0.717) is 24.7 Å². The Labute approximate surface area is 156 Å². The molecule has 0 unspecified atom stereocenters. The molecule has 3 heterocycles. The number of amides is 1. The number of aromatic nitrogens is 3. The Morgan fingerprint density at radius 1 is 1.19 bits per heavy atom. The first kappa shape index (κ1) is 18.1. The number of rotatable bonds is 7. The van der Waals surface area contributed by atoms with Crippen molar-refractivity contribution in [1.29, 1.82) is 0 Å². The molecular formula is C16H21N5O5S. The Morgan fingerprint density at radius 3 is 2.63 bits per heavy atom. The Balaban J connectivity index is 1.44. The van der Waals surface area contributed by atoms with Crippen molar-refractivity contribution in [3.05, 3.63) is 23.2 Å². The van der Waals surface area contributed by atoms with Crippen molar-refractivity contribution in [3.8, 4) is 0 Å². The molecule has 10 nitrogen and oxygen atoms in total. The summed E-state index contributed by atoms with van der Waals surface area (Å²) in [6.45, 7) is 3.69. The summed E-state index contributed by atoms with van der Waals surface area (Å²) in [6, 6.07) is -0.224. The van der Waals surface area contributed by atoms with Crippen molar-refractivity contribution in [2.75, 3.05) is 6.54 Å². The van der Waals surface area contributed by atoms with Gasteiger partial charge in [0.25, 0.3) is 0 Å². The van der Waals surface area contributed by atoms with Crippen LogP contribution in [0.15, 0.2) is 13.9 Å². The molecule has 2 aromatic rings. The van der Waals surface area contributed by atoms with E-state index in [0.717, 1.165) is 19.4 Å². The lowest BCUT2D eigenvalue weighted by atomic mass is 10.2. The van der Waals surface area contributed by atoms with Gasteiger partial charge in [0.05, 0.1) is 6.54 Å². The molecule has 2 fully saturated rings. The monoisotopic (exact) mass is 395 g/mol. The largest absolute Gasteiger partial charge is 0.360 e. The third-order valence-electron chi connectivity index (χ3n) is 4.91. The molecule has 1 N–H and O–H groups in total. The quantitative estimate of drug-likeness (QED) is 0.740. The molecule has 1 saturated heterocycles. The summed E-state index contributed by atoms with van der Waals surface area (Å²) >= 11 is 0. The number of likely N-dealkylation sites (tertiary alicyclic amines) is 1. The maximum Gasteiger partial charge on any atom is 0.249 e. The third kappa shape index (κ3) is 3.61. The summed E-state index contributed by atoms with van der Waals surface area (Å²) in [5.74, 6) is 1.46. The zero-order chi connectivity index (χ0) is 19.2.